The minimum Gasteiger partial charge on any atom is -0.378 e. The van der Waals surface area contributed by atoms with E-state index in [1.165, 1.54) is 0 Å². The minimum atomic E-state index is -0.542. The van der Waals surface area contributed by atoms with Crippen LogP contribution in [0, 0.1) is 0 Å². The molecule has 0 aliphatic carbocycles. The van der Waals surface area contributed by atoms with E-state index >= 15 is 0 Å². The lowest BCUT2D eigenvalue weighted by molar-refractivity contribution is -0.140. The van der Waals surface area contributed by atoms with E-state index in [-0.39, 0.29) is 11.9 Å². The van der Waals surface area contributed by atoms with Crippen molar-refractivity contribution in [3.63, 3.8) is 0 Å². The SMILES string of the molecule is CCC(C)N(C(C)CC)[C@H](O)CC1CCCC(=O)N1Cc1ccccc1Cl. The van der Waals surface area contributed by atoms with E-state index in [2.05, 4.69) is 32.6 Å². The predicted molar refractivity (Wildman–Crippen MR) is 112 cm³/mol. The Balaban J connectivity index is 2.15. The number of amides is 1. The standard InChI is InChI=1S/C22H35ClN2O2/c1-5-16(3)25(17(4)6-2)22(27)14-19-11-9-13-21(26)24(19)15-18-10-7-8-12-20(18)23/h7-8,10,12,16-17,19,22,27H,5-6,9,11,13-15H2,1-4H3/t16?,17?,19?,22-/m1/s1. The number of likely N-dealkylation sites (tertiary alicyclic amines) is 1. The molecule has 2 rings (SSSR count). The van der Waals surface area contributed by atoms with Crippen LogP contribution in [0.15, 0.2) is 24.3 Å². The van der Waals surface area contributed by atoms with Crippen molar-refractivity contribution in [3.05, 3.63) is 34.9 Å². The van der Waals surface area contributed by atoms with Gasteiger partial charge in [0, 0.05) is 42.5 Å². The zero-order valence-electron chi connectivity index (χ0n) is 17.2. The second kappa shape index (κ2) is 10.4. The van der Waals surface area contributed by atoms with Gasteiger partial charge in [0.05, 0.1) is 0 Å². The van der Waals surface area contributed by atoms with Gasteiger partial charge in [0.2, 0.25) is 5.91 Å². The first-order valence-electron chi connectivity index (χ1n) is 10.4. The lowest BCUT2D eigenvalue weighted by Gasteiger charge is -2.42. The van der Waals surface area contributed by atoms with Gasteiger partial charge < -0.3 is 10.0 Å². The van der Waals surface area contributed by atoms with Crippen LogP contribution in [-0.4, -0.2) is 45.2 Å². The highest BCUT2D eigenvalue weighted by atomic mass is 35.5. The highest BCUT2D eigenvalue weighted by Crippen LogP contribution is 2.28. The lowest BCUT2D eigenvalue weighted by atomic mass is 9.96. The van der Waals surface area contributed by atoms with Crippen LogP contribution < -0.4 is 0 Å². The minimum absolute atomic E-state index is 0.0492. The molecule has 5 heteroatoms. The summed E-state index contributed by atoms with van der Waals surface area (Å²) in [5.74, 6) is 0.164. The molecule has 1 fully saturated rings. The van der Waals surface area contributed by atoms with Crippen molar-refractivity contribution in [1.82, 2.24) is 9.80 Å². The Morgan fingerprint density at radius 2 is 1.85 bits per heavy atom. The number of rotatable bonds is 9. The molecule has 0 spiro atoms. The van der Waals surface area contributed by atoms with Gasteiger partial charge in [-0.15, -0.1) is 0 Å². The third kappa shape index (κ3) is 5.69. The first kappa shape index (κ1) is 22.2. The van der Waals surface area contributed by atoms with Gasteiger partial charge in [0.25, 0.3) is 0 Å². The smallest absolute Gasteiger partial charge is 0.223 e. The second-order valence-corrected chi connectivity index (χ2v) is 8.24. The van der Waals surface area contributed by atoms with E-state index in [1.807, 2.05) is 29.2 Å². The van der Waals surface area contributed by atoms with Crippen molar-refractivity contribution in [2.75, 3.05) is 0 Å². The summed E-state index contributed by atoms with van der Waals surface area (Å²) in [5, 5.41) is 11.7. The molecule has 0 radical (unpaired) electrons. The molecule has 152 valence electrons. The van der Waals surface area contributed by atoms with Crippen molar-refractivity contribution in [2.24, 2.45) is 0 Å². The zero-order chi connectivity index (χ0) is 20.0. The summed E-state index contributed by atoms with van der Waals surface area (Å²) in [6.45, 7) is 9.16. The first-order chi connectivity index (χ1) is 12.9. The average molecular weight is 395 g/mol. The van der Waals surface area contributed by atoms with Crippen molar-refractivity contribution >= 4 is 17.5 Å². The number of aliphatic hydroxyl groups excluding tert-OH is 1. The highest BCUT2D eigenvalue weighted by molar-refractivity contribution is 6.31. The van der Waals surface area contributed by atoms with Gasteiger partial charge in [-0.2, -0.15) is 0 Å². The summed E-state index contributed by atoms with van der Waals surface area (Å²) in [7, 11) is 0. The maximum Gasteiger partial charge on any atom is 0.223 e. The molecule has 0 bridgehead atoms. The number of carbonyl (C=O) groups is 1. The quantitative estimate of drug-likeness (QED) is 0.610. The predicted octanol–water partition coefficient (Wildman–Crippen LogP) is 4.83. The fourth-order valence-electron chi connectivity index (χ4n) is 4.07. The van der Waals surface area contributed by atoms with Gasteiger partial charge in [-0.1, -0.05) is 43.6 Å². The number of aliphatic hydroxyl groups is 1. The normalized spacial score (nSPS) is 21.4. The fourth-order valence-corrected chi connectivity index (χ4v) is 4.27. The molecule has 1 aromatic carbocycles. The molecule has 1 aliphatic rings. The van der Waals surface area contributed by atoms with Crippen LogP contribution in [0.25, 0.3) is 0 Å². The van der Waals surface area contributed by atoms with Crippen molar-refractivity contribution in [2.45, 2.75) is 97.1 Å². The fraction of sp³-hybridized carbons (Fsp3) is 0.682. The van der Waals surface area contributed by atoms with Crippen LogP contribution in [0.5, 0.6) is 0 Å². The van der Waals surface area contributed by atoms with Gasteiger partial charge in [-0.05, 0) is 51.2 Å². The first-order valence-corrected chi connectivity index (χ1v) is 10.7. The van der Waals surface area contributed by atoms with E-state index in [0.29, 0.717) is 36.5 Å². The van der Waals surface area contributed by atoms with E-state index < -0.39 is 6.23 Å². The van der Waals surface area contributed by atoms with Crippen LogP contribution in [0.4, 0.5) is 0 Å². The molecule has 3 unspecified atom stereocenters. The number of hydrogen-bond acceptors (Lipinski definition) is 3. The van der Waals surface area contributed by atoms with Crippen molar-refractivity contribution in [1.29, 1.82) is 0 Å². The molecule has 1 heterocycles. The molecule has 1 aliphatic heterocycles. The Hall–Kier alpha value is -1.10. The number of halogens is 1. The molecular weight excluding hydrogens is 360 g/mol. The second-order valence-electron chi connectivity index (χ2n) is 7.84. The maximum atomic E-state index is 12.6. The Morgan fingerprint density at radius 1 is 1.22 bits per heavy atom. The molecule has 1 N–H and O–H groups in total. The molecule has 27 heavy (non-hydrogen) atoms. The third-order valence-electron chi connectivity index (χ3n) is 6.01. The van der Waals surface area contributed by atoms with Crippen LogP contribution >= 0.6 is 11.6 Å². The topological polar surface area (TPSA) is 43.8 Å². The number of benzene rings is 1. The van der Waals surface area contributed by atoms with Crippen molar-refractivity contribution < 1.29 is 9.90 Å². The molecule has 4 nitrogen and oxygen atoms in total. The van der Waals surface area contributed by atoms with Gasteiger partial charge in [-0.25, -0.2) is 0 Å². The summed E-state index contributed by atoms with van der Waals surface area (Å²) in [4.78, 5) is 16.8. The van der Waals surface area contributed by atoms with Crippen LogP contribution in [0.1, 0.15) is 71.8 Å². The van der Waals surface area contributed by atoms with Gasteiger partial charge >= 0.3 is 0 Å². The maximum absolute atomic E-state index is 12.6. The molecule has 1 saturated heterocycles. The molecule has 0 aromatic heterocycles. The number of hydrogen-bond donors (Lipinski definition) is 1. The van der Waals surface area contributed by atoms with Crippen LogP contribution in [0.2, 0.25) is 5.02 Å². The average Bonchev–Trinajstić information content (AvgIpc) is 2.65. The van der Waals surface area contributed by atoms with E-state index in [0.717, 1.165) is 31.2 Å². The van der Waals surface area contributed by atoms with E-state index in [1.54, 1.807) is 0 Å². The number of carbonyl (C=O) groups excluding carboxylic acids is 1. The summed E-state index contributed by atoms with van der Waals surface area (Å²) in [6, 6.07) is 8.37. The van der Waals surface area contributed by atoms with Gasteiger partial charge in [0.1, 0.15) is 6.23 Å². The van der Waals surface area contributed by atoms with Gasteiger partial charge in [0.15, 0.2) is 0 Å². The Bertz CT molecular complexity index is 600. The van der Waals surface area contributed by atoms with Crippen molar-refractivity contribution in [3.8, 4) is 0 Å². The highest BCUT2D eigenvalue weighted by Gasteiger charge is 2.33. The van der Waals surface area contributed by atoms with E-state index in [4.69, 9.17) is 11.6 Å². The summed E-state index contributed by atoms with van der Waals surface area (Å²) in [5.41, 5.74) is 0.967. The van der Waals surface area contributed by atoms with Gasteiger partial charge in [-0.3, -0.25) is 9.69 Å². The molecule has 1 aromatic rings. The summed E-state index contributed by atoms with van der Waals surface area (Å²) < 4.78 is 0. The monoisotopic (exact) mass is 394 g/mol. The van der Waals surface area contributed by atoms with E-state index in [9.17, 15) is 9.90 Å². The Morgan fingerprint density at radius 3 is 2.44 bits per heavy atom. The lowest BCUT2D eigenvalue weighted by Crippen LogP contribution is -2.51. The Kier molecular flexibility index (Phi) is 8.59. The zero-order valence-corrected chi connectivity index (χ0v) is 18.0. The Labute approximate surface area is 169 Å². The number of nitrogens with zero attached hydrogens (tertiary/aromatic N) is 2. The van der Waals surface area contributed by atoms with Crippen LogP contribution in [-0.2, 0) is 11.3 Å². The largest absolute Gasteiger partial charge is 0.378 e. The van der Waals surface area contributed by atoms with Crippen LogP contribution in [0.3, 0.4) is 0 Å². The molecule has 0 saturated carbocycles. The molecular formula is C22H35ClN2O2. The third-order valence-corrected chi connectivity index (χ3v) is 6.38. The molecule has 4 atom stereocenters. The summed E-state index contributed by atoms with van der Waals surface area (Å²) in [6.07, 6.45) is 4.44. The summed E-state index contributed by atoms with van der Waals surface area (Å²) >= 11 is 6.32. The molecule has 1 amide bonds. The number of piperidine rings is 1.